The van der Waals surface area contributed by atoms with Crippen molar-refractivity contribution < 1.29 is 27.5 Å². The molecule has 0 fully saturated rings. The SMILES string of the molecule is CC(C)CN1C(=O)c2ccccc2[C@H](CONc2cccc(OC(F)(F)F)c2)C1/C(C=N)=C/N. The van der Waals surface area contributed by atoms with E-state index in [1.54, 1.807) is 17.0 Å². The Morgan fingerprint density at radius 2 is 1.97 bits per heavy atom. The van der Waals surface area contributed by atoms with Crippen molar-refractivity contribution in [3.63, 3.8) is 0 Å². The summed E-state index contributed by atoms with van der Waals surface area (Å²) in [4.78, 5) is 20.7. The van der Waals surface area contributed by atoms with Crippen LogP contribution in [0.3, 0.4) is 0 Å². The summed E-state index contributed by atoms with van der Waals surface area (Å²) in [6.07, 6.45) is -2.37. The van der Waals surface area contributed by atoms with Crippen LogP contribution in [0.4, 0.5) is 18.9 Å². The summed E-state index contributed by atoms with van der Waals surface area (Å²) in [6.45, 7) is 4.48. The van der Waals surface area contributed by atoms with Gasteiger partial charge in [-0.05, 0) is 29.7 Å². The minimum absolute atomic E-state index is 0.0547. The zero-order valence-electron chi connectivity index (χ0n) is 18.8. The Kier molecular flexibility index (Phi) is 7.83. The number of nitrogens with zero attached hydrogens (tertiary/aromatic N) is 1. The number of rotatable bonds is 9. The van der Waals surface area contributed by atoms with Crippen LogP contribution in [0.1, 0.15) is 35.7 Å². The molecule has 34 heavy (non-hydrogen) atoms. The zero-order valence-corrected chi connectivity index (χ0v) is 18.8. The lowest BCUT2D eigenvalue weighted by Gasteiger charge is -2.43. The Labute approximate surface area is 195 Å². The molecule has 0 radical (unpaired) electrons. The number of fused-ring (bicyclic) bond motifs is 1. The molecule has 182 valence electrons. The van der Waals surface area contributed by atoms with Crippen LogP contribution in [0.15, 0.2) is 60.3 Å². The molecular weight excluding hydrogens is 449 g/mol. The molecule has 0 bridgehead atoms. The van der Waals surface area contributed by atoms with Gasteiger partial charge in [0, 0.05) is 42.1 Å². The van der Waals surface area contributed by atoms with E-state index in [1.807, 2.05) is 26.0 Å². The van der Waals surface area contributed by atoms with E-state index in [2.05, 4.69) is 10.2 Å². The number of amides is 1. The minimum Gasteiger partial charge on any atom is -0.406 e. The monoisotopic (exact) mass is 476 g/mol. The van der Waals surface area contributed by atoms with Crippen LogP contribution in [0.2, 0.25) is 0 Å². The number of hydrogen-bond acceptors (Lipinski definition) is 6. The van der Waals surface area contributed by atoms with Crippen LogP contribution in [-0.4, -0.2) is 42.6 Å². The molecule has 0 saturated carbocycles. The van der Waals surface area contributed by atoms with Crippen molar-refractivity contribution in [2.45, 2.75) is 32.2 Å². The van der Waals surface area contributed by atoms with Gasteiger partial charge in [0.2, 0.25) is 0 Å². The lowest BCUT2D eigenvalue weighted by molar-refractivity contribution is -0.274. The van der Waals surface area contributed by atoms with Crippen molar-refractivity contribution in [3.05, 3.63) is 71.4 Å². The van der Waals surface area contributed by atoms with E-state index < -0.39 is 12.4 Å². The van der Waals surface area contributed by atoms with Gasteiger partial charge in [-0.3, -0.25) is 15.1 Å². The Bertz CT molecular complexity index is 1060. The predicted octanol–water partition coefficient (Wildman–Crippen LogP) is 4.69. The van der Waals surface area contributed by atoms with E-state index in [1.165, 1.54) is 24.4 Å². The van der Waals surface area contributed by atoms with E-state index in [0.29, 0.717) is 17.7 Å². The highest BCUT2D eigenvalue weighted by Gasteiger charge is 2.41. The number of hydrogen-bond donors (Lipinski definition) is 3. The summed E-state index contributed by atoms with van der Waals surface area (Å²) >= 11 is 0. The highest BCUT2D eigenvalue weighted by atomic mass is 19.4. The van der Waals surface area contributed by atoms with Gasteiger partial charge >= 0.3 is 6.36 Å². The first-order chi connectivity index (χ1) is 16.1. The molecule has 2 atom stereocenters. The molecule has 3 rings (SSSR count). The number of alkyl halides is 3. The second kappa shape index (κ2) is 10.6. The van der Waals surface area contributed by atoms with Crippen molar-refractivity contribution >= 4 is 17.8 Å². The maximum Gasteiger partial charge on any atom is 0.573 e. The number of carbonyl (C=O) groups is 1. The molecule has 0 aliphatic carbocycles. The van der Waals surface area contributed by atoms with E-state index in [0.717, 1.165) is 17.8 Å². The maximum atomic E-state index is 13.3. The number of halogens is 3. The first kappa shape index (κ1) is 25.1. The van der Waals surface area contributed by atoms with Gasteiger partial charge in [0.15, 0.2) is 0 Å². The summed E-state index contributed by atoms with van der Waals surface area (Å²) in [7, 11) is 0. The Morgan fingerprint density at radius 3 is 2.62 bits per heavy atom. The molecule has 7 nitrogen and oxygen atoms in total. The normalized spacial score (nSPS) is 18.6. The topological polar surface area (TPSA) is 101 Å². The lowest BCUT2D eigenvalue weighted by atomic mass is 9.80. The zero-order chi connectivity index (χ0) is 24.9. The van der Waals surface area contributed by atoms with Gasteiger partial charge < -0.3 is 20.8 Å². The molecule has 1 heterocycles. The second-order valence-corrected chi connectivity index (χ2v) is 8.29. The Morgan fingerprint density at radius 1 is 1.24 bits per heavy atom. The highest BCUT2D eigenvalue weighted by molar-refractivity contribution is 5.99. The van der Waals surface area contributed by atoms with Crippen LogP contribution in [0, 0.1) is 11.3 Å². The summed E-state index contributed by atoms with van der Waals surface area (Å²) < 4.78 is 41.5. The van der Waals surface area contributed by atoms with E-state index >= 15 is 0 Å². The van der Waals surface area contributed by atoms with E-state index in [9.17, 15) is 18.0 Å². The van der Waals surface area contributed by atoms with Gasteiger partial charge in [-0.1, -0.05) is 38.1 Å². The van der Waals surface area contributed by atoms with Gasteiger partial charge in [0.25, 0.3) is 5.91 Å². The molecule has 0 aromatic heterocycles. The van der Waals surface area contributed by atoms with Crippen molar-refractivity contribution in [1.82, 2.24) is 4.90 Å². The molecule has 1 unspecified atom stereocenters. The third kappa shape index (κ3) is 5.88. The quantitative estimate of drug-likeness (QED) is 0.360. The maximum absolute atomic E-state index is 13.3. The standard InChI is InChI=1S/C24H27F3N4O3/c1-15(2)13-31-22(16(11-28)12-29)21(19-8-3-4-9-20(19)23(31)32)14-33-30-17-6-5-7-18(10-17)34-24(25,26)27/h3-12,15,21-22,28,30H,13-14,29H2,1-2H3/b16-12+,28-11?/t21-,22?/m0/s1. The first-order valence-electron chi connectivity index (χ1n) is 10.7. The average molecular weight is 476 g/mol. The number of anilines is 1. The fourth-order valence-electron chi connectivity index (χ4n) is 4.07. The van der Waals surface area contributed by atoms with Crippen LogP contribution in [0.25, 0.3) is 0 Å². The number of ether oxygens (including phenoxy) is 1. The molecule has 2 aromatic rings. The molecule has 10 heteroatoms. The third-order valence-corrected chi connectivity index (χ3v) is 5.35. The fourth-order valence-corrected chi connectivity index (χ4v) is 4.07. The second-order valence-electron chi connectivity index (χ2n) is 8.29. The van der Waals surface area contributed by atoms with Crippen LogP contribution in [-0.2, 0) is 4.84 Å². The van der Waals surface area contributed by atoms with Crippen molar-refractivity contribution in [2.24, 2.45) is 11.7 Å². The largest absolute Gasteiger partial charge is 0.573 e. The van der Waals surface area contributed by atoms with Crippen molar-refractivity contribution in [2.75, 3.05) is 18.6 Å². The van der Waals surface area contributed by atoms with Gasteiger partial charge in [-0.25, -0.2) is 0 Å². The molecule has 2 aromatic carbocycles. The Balaban J connectivity index is 1.88. The molecule has 4 N–H and O–H groups in total. The number of benzene rings is 2. The molecular formula is C24H27F3N4O3. The van der Waals surface area contributed by atoms with E-state index in [4.69, 9.17) is 16.0 Å². The summed E-state index contributed by atoms with van der Waals surface area (Å²) in [5.74, 6) is -0.756. The molecule has 1 amide bonds. The van der Waals surface area contributed by atoms with Crippen molar-refractivity contribution in [1.29, 1.82) is 5.41 Å². The summed E-state index contributed by atoms with van der Waals surface area (Å²) in [5, 5.41) is 7.84. The highest BCUT2D eigenvalue weighted by Crippen LogP contribution is 2.37. The van der Waals surface area contributed by atoms with Gasteiger partial charge in [0.05, 0.1) is 18.3 Å². The minimum atomic E-state index is -4.80. The first-order valence-corrected chi connectivity index (χ1v) is 10.7. The van der Waals surface area contributed by atoms with Gasteiger partial charge in [-0.15, -0.1) is 13.2 Å². The molecule has 0 saturated heterocycles. The van der Waals surface area contributed by atoms with E-state index in [-0.39, 0.29) is 35.8 Å². The predicted molar refractivity (Wildman–Crippen MR) is 123 cm³/mol. The van der Waals surface area contributed by atoms with Crippen LogP contribution >= 0.6 is 0 Å². The van der Waals surface area contributed by atoms with Crippen LogP contribution in [0.5, 0.6) is 5.75 Å². The third-order valence-electron chi connectivity index (χ3n) is 5.35. The lowest BCUT2D eigenvalue weighted by Crippen LogP contribution is -2.52. The van der Waals surface area contributed by atoms with Crippen molar-refractivity contribution in [3.8, 4) is 5.75 Å². The summed E-state index contributed by atoms with van der Waals surface area (Å²) in [5.41, 5.74) is 10.5. The van der Waals surface area contributed by atoms with Gasteiger partial charge in [0.1, 0.15) is 5.75 Å². The molecule has 1 aliphatic rings. The number of nitrogens with two attached hydrogens (primary N) is 1. The molecule has 1 aliphatic heterocycles. The van der Waals surface area contributed by atoms with Crippen LogP contribution < -0.4 is 16.0 Å². The fraction of sp³-hybridized carbons (Fsp3) is 0.333. The smallest absolute Gasteiger partial charge is 0.406 e. The number of nitrogens with one attached hydrogen (secondary N) is 2. The Hall–Kier alpha value is -3.53. The summed E-state index contributed by atoms with van der Waals surface area (Å²) in [6, 6.07) is 11.9. The van der Waals surface area contributed by atoms with Gasteiger partial charge in [-0.2, -0.15) is 0 Å². The number of carbonyl (C=O) groups excluding carboxylic acids is 1. The molecule has 0 spiro atoms. The average Bonchev–Trinajstić information content (AvgIpc) is 2.77.